The maximum atomic E-state index is 11.9. The molecule has 1 saturated carbocycles. The van der Waals surface area contributed by atoms with Crippen molar-refractivity contribution < 1.29 is 24.9 Å². The smallest absolute Gasteiger partial charge is 0.305 e. The highest BCUT2D eigenvalue weighted by atomic mass is 16.5. The van der Waals surface area contributed by atoms with Crippen LogP contribution < -0.4 is 0 Å². The normalized spacial score (nSPS) is 22.4. The maximum Gasteiger partial charge on any atom is 0.305 e. The summed E-state index contributed by atoms with van der Waals surface area (Å²) in [6, 6.07) is 10.1. The lowest BCUT2D eigenvalue weighted by molar-refractivity contribution is -0.145. The average molecular weight is 495 g/mol. The highest BCUT2D eigenvalue weighted by Crippen LogP contribution is 2.38. The first-order valence-corrected chi connectivity index (χ1v) is 13.2. The molecule has 0 bridgehead atoms. The van der Waals surface area contributed by atoms with Crippen molar-refractivity contribution >= 4 is 5.97 Å². The zero-order valence-corrected chi connectivity index (χ0v) is 21.3. The van der Waals surface area contributed by atoms with Crippen LogP contribution in [0.5, 0.6) is 0 Å². The molecular weight excluding hydrogens is 452 g/mol. The van der Waals surface area contributed by atoms with Gasteiger partial charge in [0.05, 0.1) is 24.9 Å². The first-order chi connectivity index (χ1) is 17.4. The van der Waals surface area contributed by atoms with Crippen LogP contribution in [-0.2, 0) is 16.0 Å². The van der Waals surface area contributed by atoms with Crippen LogP contribution in [0.3, 0.4) is 0 Å². The molecule has 1 aliphatic carbocycles. The van der Waals surface area contributed by atoms with Gasteiger partial charge >= 0.3 is 5.97 Å². The van der Waals surface area contributed by atoms with Crippen LogP contribution in [-0.4, -0.2) is 46.2 Å². The summed E-state index contributed by atoms with van der Waals surface area (Å²) in [7, 11) is 0. The van der Waals surface area contributed by atoms with E-state index in [0.29, 0.717) is 57.8 Å². The van der Waals surface area contributed by atoms with E-state index >= 15 is 0 Å². The van der Waals surface area contributed by atoms with Gasteiger partial charge in [-0.05, 0) is 68.8 Å². The Morgan fingerprint density at radius 1 is 1.06 bits per heavy atom. The number of hydrogen-bond acceptors (Lipinski definition) is 5. The van der Waals surface area contributed by atoms with Crippen LogP contribution in [0.4, 0.5) is 0 Å². The second kappa shape index (κ2) is 17.0. The lowest BCUT2D eigenvalue weighted by atomic mass is 9.85. The van der Waals surface area contributed by atoms with Gasteiger partial charge in [-0.15, -0.1) is 24.7 Å². The van der Waals surface area contributed by atoms with Crippen LogP contribution in [0.2, 0.25) is 0 Å². The second-order valence-electron chi connectivity index (χ2n) is 9.92. The Labute approximate surface area is 217 Å². The first kappa shape index (κ1) is 29.7. The van der Waals surface area contributed by atoms with Crippen molar-refractivity contribution in [2.24, 2.45) is 17.8 Å². The first-order valence-electron chi connectivity index (χ1n) is 13.2. The van der Waals surface area contributed by atoms with E-state index in [4.69, 9.17) is 17.6 Å². The Kier molecular flexibility index (Phi) is 14.0. The van der Waals surface area contributed by atoms with E-state index in [1.54, 1.807) is 0 Å². The molecule has 5 atom stereocenters. The average Bonchev–Trinajstić information content (AvgIpc) is 3.14. The number of hydrogen-bond donors (Lipinski definition) is 3. The topological polar surface area (TPSA) is 87.0 Å². The lowest BCUT2D eigenvalue weighted by Crippen LogP contribution is -2.23. The number of carbonyl (C=O) groups excluding carboxylic acids is 1. The van der Waals surface area contributed by atoms with Gasteiger partial charge in [0, 0.05) is 25.2 Å². The van der Waals surface area contributed by atoms with Crippen molar-refractivity contribution in [3.63, 3.8) is 0 Å². The Balaban J connectivity index is 1.66. The van der Waals surface area contributed by atoms with Gasteiger partial charge in [0.25, 0.3) is 0 Å². The quantitative estimate of drug-likeness (QED) is 0.137. The number of allylic oxidation sites excluding steroid dienone is 2. The van der Waals surface area contributed by atoms with E-state index in [9.17, 15) is 20.1 Å². The van der Waals surface area contributed by atoms with E-state index in [-0.39, 0.29) is 30.3 Å². The summed E-state index contributed by atoms with van der Waals surface area (Å²) in [5.74, 6) is 4.83. The molecule has 5 heteroatoms. The minimum atomic E-state index is -0.540. The van der Waals surface area contributed by atoms with Gasteiger partial charge in [-0.3, -0.25) is 4.79 Å². The SMILES string of the molecule is C#CCC(CC#C)COC(=O)CCC/C=C/C[C@@H]1[C@@H](CC[C@@H](O)CCc2ccccc2)[C@H](O)C[C@@H]1O. The molecule has 0 unspecified atom stereocenters. The zero-order valence-electron chi connectivity index (χ0n) is 21.3. The predicted molar refractivity (Wildman–Crippen MR) is 143 cm³/mol. The minimum Gasteiger partial charge on any atom is -0.465 e. The van der Waals surface area contributed by atoms with Crippen molar-refractivity contribution in [3.05, 3.63) is 48.0 Å². The molecular formula is C31H42O5. The molecule has 0 radical (unpaired) electrons. The number of rotatable bonds is 16. The predicted octanol–water partition coefficient (Wildman–Crippen LogP) is 4.44. The molecule has 1 aromatic carbocycles. The van der Waals surface area contributed by atoms with E-state index in [2.05, 4.69) is 24.0 Å². The number of benzene rings is 1. The number of ether oxygens (including phenoxy) is 1. The van der Waals surface area contributed by atoms with Crippen molar-refractivity contribution in [2.75, 3.05) is 6.61 Å². The molecule has 0 saturated heterocycles. The fourth-order valence-corrected chi connectivity index (χ4v) is 4.95. The van der Waals surface area contributed by atoms with Crippen molar-refractivity contribution in [1.29, 1.82) is 0 Å². The van der Waals surface area contributed by atoms with Crippen molar-refractivity contribution in [2.45, 2.75) is 88.9 Å². The Morgan fingerprint density at radius 2 is 1.75 bits per heavy atom. The molecule has 0 aromatic heterocycles. The summed E-state index contributed by atoms with van der Waals surface area (Å²) in [6.07, 6.45) is 19.8. The van der Waals surface area contributed by atoms with Crippen LogP contribution in [0.25, 0.3) is 0 Å². The highest BCUT2D eigenvalue weighted by molar-refractivity contribution is 5.69. The third kappa shape index (κ3) is 11.0. The Bertz CT molecular complexity index is 849. The van der Waals surface area contributed by atoms with Gasteiger partial charge in [0.2, 0.25) is 0 Å². The van der Waals surface area contributed by atoms with Gasteiger partial charge in [0.15, 0.2) is 0 Å². The zero-order chi connectivity index (χ0) is 26.2. The number of aliphatic hydroxyl groups excluding tert-OH is 3. The molecule has 196 valence electrons. The van der Waals surface area contributed by atoms with E-state index in [1.165, 1.54) is 5.56 Å². The molecule has 1 fully saturated rings. The third-order valence-electron chi connectivity index (χ3n) is 7.08. The summed E-state index contributed by atoms with van der Waals surface area (Å²) < 4.78 is 5.29. The van der Waals surface area contributed by atoms with Crippen LogP contribution >= 0.6 is 0 Å². The summed E-state index contributed by atoms with van der Waals surface area (Å²) in [5.41, 5.74) is 1.21. The molecule has 3 N–H and O–H groups in total. The highest BCUT2D eigenvalue weighted by Gasteiger charge is 2.40. The number of esters is 1. The maximum absolute atomic E-state index is 11.9. The molecule has 1 aromatic rings. The van der Waals surface area contributed by atoms with E-state index < -0.39 is 18.3 Å². The van der Waals surface area contributed by atoms with Crippen molar-refractivity contribution in [1.82, 2.24) is 0 Å². The van der Waals surface area contributed by atoms with E-state index in [1.807, 2.05) is 30.4 Å². The fraction of sp³-hybridized carbons (Fsp3) is 0.581. The largest absolute Gasteiger partial charge is 0.465 e. The molecule has 0 amide bonds. The lowest BCUT2D eigenvalue weighted by Gasteiger charge is -2.23. The van der Waals surface area contributed by atoms with Gasteiger partial charge in [-0.25, -0.2) is 0 Å². The third-order valence-corrected chi connectivity index (χ3v) is 7.08. The molecule has 2 rings (SSSR count). The Hall–Kier alpha value is -2.57. The Morgan fingerprint density at radius 3 is 2.44 bits per heavy atom. The van der Waals surface area contributed by atoms with Gasteiger partial charge in [-0.2, -0.15) is 0 Å². The summed E-state index contributed by atoms with van der Waals surface area (Å²) in [5, 5.41) is 31.4. The standard InChI is InChI=1S/C31H42O5/c1-3-12-25(13-4-2)23-36-31(35)17-11-6-5-10-16-27-28(30(34)22-29(27)33)21-20-26(32)19-18-24-14-8-7-9-15-24/h1-2,5,7-10,14-15,25-30,32-34H,6,11-13,16-23H2/b10-5+/t26-,27+,28+,29-,30+/m0/s1. The summed E-state index contributed by atoms with van der Waals surface area (Å²) >= 11 is 0. The van der Waals surface area contributed by atoms with Gasteiger partial charge in [-0.1, -0.05) is 42.5 Å². The second-order valence-corrected chi connectivity index (χ2v) is 9.92. The minimum absolute atomic E-state index is 0.00922. The number of aryl methyl sites for hydroxylation is 1. The number of aliphatic hydroxyl groups is 3. The molecule has 0 spiro atoms. The molecule has 1 aliphatic rings. The van der Waals surface area contributed by atoms with Gasteiger partial charge in [0.1, 0.15) is 0 Å². The number of carbonyl (C=O) groups is 1. The van der Waals surface area contributed by atoms with Crippen molar-refractivity contribution in [3.8, 4) is 24.7 Å². The number of unbranched alkanes of at least 4 members (excludes halogenated alkanes) is 1. The van der Waals surface area contributed by atoms with Crippen LogP contribution in [0, 0.1) is 42.4 Å². The number of terminal acetylenes is 2. The summed E-state index contributed by atoms with van der Waals surface area (Å²) in [4.78, 5) is 11.9. The molecule has 0 aliphatic heterocycles. The fourth-order valence-electron chi connectivity index (χ4n) is 4.95. The molecule has 36 heavy (non-hydrogen) atoms. The van der Waals surface area contributed by atoms with Crippen LogP contribution in [0.15, 0.2) is 42.5 Å². The van der Waals surface area contributed by atoms with E-state index in [0.717, 1.165) is 12.8 Å². The molecule has 0 heterocycles. The monoisotopic (exact) mass is 494 g/mol. The van der Waals surface area contributed by atoms with Crippen LogP contribution in [0.1, 0.15) is 69.8 Å². The molecule has 5 nitrogen and oxygen atoms in total. The van der Waals surface area contributed by atoms with Gasteiger partial charge < -0.3 is 20.1 Å². The summed E-state index contributed by atoms with van der Waals surface area (Å²) in [6.45, 7) is 0.257.